The van der Waals surface area contributed by atoms with Crippen LogP contribution in [0.1, 0.15) is 26.2 Å². The molecular formula is C18H27N5O4. The lowest BCUT2D eigenvalue weighted by Crippen LogP contribution is -2.55. The van der Waals surface area contributed by atoms with Gasteiger partial charge < -0.3 is 24.8 Å². The number of aryl methyl sites for hydroxylation is 1. The summed E-state index contributed by atoms with van der Waals surface area (Å²) in [6.07, 6.45) is 5.48. The Hall–Kier alpha value is -2.58. The first-order chi connectivity index (χ1) is 12.8. The van der Waals surface area contributed by atoms with Crippen molar-refractivity contribution in [2.45, 2.75) is 32.2 Å². The third kappa shape index (κ3) is 4.40. The van der Waals surface area contributed by atoms with Crippen molar-refractivity contribution in [2.24, 2.45) is 18.9 Å². The van der Waals surface area contributed by atoms with E-state index < -0.39 is 11.9 Å². The van der Waals surface area contributed by atoms with Crippen LogP contribution in [-0.4, -0.2) is 63.8 Å². The van der Waals surface area contributed by atoms with Gasteiger partial charge in [-0.1, -0.05) is 6.92 Å². The molecule has 1 aromatic rings. The average Bonchev–Trinajstić information content (AvgIpc) is 2.63. The normalized spacial score (nSPS) is 25.9. The van der Waals surface area contributed by atoms with E-state index in [2.05, 4.69) is 10.3 Å². The van der Waals surface area contributed by atoms with Crippen LogP contribution in [0.4, 0.5) is 10.6 Å². The number of carboxylic acids is 1. The topological polar surface area (TPSA) is 108 Å². The van der Waals surface area contributed by atoms with E-state index in [0.29, 0.717) is 25.3 Å². The summed E-state index contributed by atoms with van der Waals surface area (Å²) in [6.45, 7) is 4.01. The lowest BCUT2D eigenvalue weighted by atomic mass is 9.91. The molecule has 27 heavy (non-hydrogen) atoms. The molecule has 0 aliphatic carbocycles. The van der Waals surface area contributed by atoms with Crippen molar-refractivity contribution in [2.75, 3.05) is 31.1 Å². The second kappa shape index (κ2) is 7.98. The van der Waals surface area contributed by atoms with Gasteiger partial charge in [-0.05, 0) is 25.2 Å². The number of piperidine rings is 2. The number of carbonyl (C=O) groups is 2. The second-order valence-electron chi connectivity index (χ2n) is 7.68. The minimum absolute atomic E-state index is 0.0986. The number of urea groups is 1. The molecule has 2 fully saturated rings. The summed E-state index contributed by atoms with van der Waals surface area (Å²) in [6, 6.07) is -0.327. The van der Waals surface area contributed by atoms with Crippen LogP contribution < -0.4 is 15.8 Å². The van der Waals surface area contributed by atoms with Crippen LogP contribution in [0.5, 0.6) is 0 Å². The van der Waals surface area contributed by atoms with Crippen LogP contribution >= 0.6 is 0 Å². The zero-order chi connectivity index (χ0) is 19.6. The van der Waals surface area contributed by atoms with Gasteiger partial charge in [0.05, 0.1) is 5.92 Å². The Morgan fingerprint density at radius 3 is 2.81 bits per heavy atom. The SMILES string of the molecule is CC1CC(C(=O)O)CN(C(=O)NC2CCCN(c3nccn(C)c3=O)C2)C1. The number of likely N-dealkylation sites (tertiary alicyclic amines) is 1. The van der Waals surface area contributed by atoms with Crippen molar-refractivity contribution in [3.05, 3.63) is 22.7 Å². The third-order valence-corrected chi connectivity index (χ3v) is 5.34. The van der Waals surface area contributed by atoms with Crippen molar-refractivity contribution in [1.82, 2.24) is 19.8 Å². The number of nitrogens with one attached hydrogen (secondary N) is 1. The minimum Gasteiger partial charge on any atom is -0.481 e. The summed E-state index contributed by atoms with van der Waals surface area (Å²) in [4.78, 5) is 44.0. The monoisotopic (exact) mass is 377 g/mol. The van der Waals surface area contributed by atoms with E-state index in [-0.39, 0.29) is 30.1 Å². The van der Waals surface area contributed by atoms with E-state index in [1.54, 1.807) is 24.3 Å². The number of nitrogens with zero attached hydrogens (tertiary/aromatic N) is 4. The van der Waals surface area contributed by atoms with Crippen molar-refractivity contribution in [3.63, 3.8) is 0 Å². The van der Waals surface area contributed by atoms with Crippen LogP contribution in [-0.2, 0) is 11.8 Å². The molecule has 0 spiro atoms. The molecule has 3 rings (SSSR count). The van der Waals surface area contributed by atoms with Gasteiger partial charge in [-0.3, -0.25) is 9.59 Å². The van der Waals surface area contributed by atoms with Gasteiger partial charge in [0.1, 0.15) is 0 Å². The predicted octanol–water partition coefficient (Wildman–Crippen LogP) is 0.501. The lowest BCUT2D eigenvalue weighted by Gasteiger charge is -2.38. The molecule has 3 unspecified atom stereocenters. The Morgan fingerprint density at radius 2 is 2.07 bits per heavy atom. The van der Waals surface area contributed by atoms with Crippen LogP contribution in [0.3, 0.4) is 0 Å². The Bertz CT molecular complexity index is 764. The maximum atomic E-state index is 12.7. The molecule has 2 aliphatic heterocycles. The number of aromatic nitrogens is 2. The van der Waals surface area contributed by atoms with E-state index in [9.17, 15) is 19.5 Å². The molecule has 1 aromatic heterocycles. The molecule has 3 heterocycles. The van der Waals surface area contributed by atoms with Crippen LogP contribution in [0.15, 0.2) is 17.2 Å². The van der Waals surface area contributed by atoms with Crippen LogP contribution in [0.2, 0.25) is 0 Å². The molecular weight excluding hydrogens is 350 g/mol. The summed E-state index contributed by atoms with van der Waals surface area (Å²) in [5.74, 6) is -0.811. The second-order valence-corrected chi connectivity index (χ2v) is 7.68. The molecule has 9 heteroatoms. The first kappa shape index (κ1) is 19.2. The highest BCUT2D eigenvalue weighted by Gasteiger charge is 2.33. The predicted molar refractivity (Wildman–Crippen MR) is 99.7 cm³/mol. The summed E-state index contributed by atoms with van der Waals surface area (Å²) in [5.41, 5.74) is -0.154. The Morgan fingerprint density at radius 1 is 1.30 bits per heavy atom. The zero-order valence-corrected chi connectivity index (χ0v) is 15.8. The van der Waals surface area contributed by atoms with Gasteiger partial charge in [0.15, 0.2) is 5.82 Å². The lowest BCUT2D eigenvalue weighted by molar-refractivity contribution is -0.143. The summed E-state index contributed by atoms with van der Waals surface area (Å²) in [5, 5.41) is 12.3. The van der Waals surface area contributed by atoms with E-state index in [1.807, 2.05) is 11.8 Å². The van der Waals surface area contributed by atoms with Gasteiger partial charge in [-0.2, -0.15) is 0 Å². The molecule has 0 bridgehead atoms. The Kier molecular flexibility index (Phi) is 5.67. The number of carbonyl (C=O) groups excluding carboxylic acids is 1. The van der Waals surface area contributed by atoms with Gasteiger partial charge in [-0.15, -0.1) is 0 Å². The fraction of sp³-hybridized carbons (Fsp3) is 0.667. The largest absolute Gasteiger partial charge is 0.481 e. The van der Waals surface area contributed by atoms with Gasteiger partial charge in [0.25, 0.3) is 5.56 Å². The van der Waals surface area contributed by atoms with E-state index in [0.717, 1.165) is 19.4 Å². The van der Waals surface area contributed by atoms with Gasteiger partial charge in [0.2, 0.25) is 0 Å². The molecule has 2 amide bonds. The van der Waals surface area contributed by atoms with Gasteiger partial charge in [0, 0.05) is 51.7 Å². The number of amides is 2. The molecule has 0 aromatic carbocycles. The van der Waals surface area contributed by atoms with Crippen molar-refractivity contribution >= 4 is 17.8 Å². The molecule has 0 radical (unpaired) electrons. The summed E-state index contributed by atoms with van der Waals surface area (Å²) in [7, 11) is 1.69. The molecule has 9 nitrogen and oxygen atoms in total. The van der Waals surface area contributed by atoms with E-state index in [1.165, 1.54) is 4.57 Å². The van der Waals surface area contributed by atoms with Crippen molar-refractivity contribution in [3.8, 4) is 0 Å². The number of aliphatic carboxylic acids is 1. The maximum absolute atomic E-state index is 12.7. The highest BCUT2D eigenvalue weighted by molar-refractivity contribution is 5.77. The zero-order valence-electron chi connectivity index (χ0n) is 15.8. The van der Waals surface area contributed by atoms with Crippen molar-refractivity contribution < 1.29 is 14.7 Å². The van der Waals surface area contributed by atoms with Crippen molar-refractivity contribution in [1.29, 1.82) is 0 Å². The first-order valence-corrected chi connectivity index (χ1v) is 9.40. The highest BCUT2D eigenvalue weighted by atomic mass is 16.4. The number of hydrogen-bond donors (Lipinski definition) is 2. The maximum Gasteiger partial charge on any atom is 0.317 e. The Balaban J connectivity index is 1.63. The first-order valence-electron chi connectivity index (χ1n) is 9.40. The van der Waals surface area contributed by atoms with Gasteiger partial charge >= 0.3 is 12.0 Å². The number of anilines is 1. The Labute approximate surface area is 158 Å². The molecule has 2 aliphatic rings. The number of hydrogen-bond acceptors (Lipinski definition) is 5. The molecule has 3 atom stereocenters. The molecule has 148 valence electrons. The fourth-order valence-electron chi connectivity index (χ4n) is 3.95. The highest BCUT2D eigenvalue weighted by Crippen LogP contribution is 2.22. The minimum atomic E-state index is -0.853. The quantitative estimate of drug-likeness (QED) is 0.794. The molecule has 0 saturated carbocycles. The molecule has 2 saturated heterocycles. The number of carboxylic acid groups (broad SMARTS) is 1. The van der Waals surface area contributed by atoms with E-state index in [4.69, 9.17) is 0 Å². The summed E-state index contributed by atoms with van der Waals surface area (Å²) >= 11 is 0. The van der Waals surface area contributed by atoms with Gasteiger partial charge in [-0.25, -0.2) is 9.78 Å². The fourth-order valence-corrected chi connectivity index (χ4v) is 3.95. The number of rotatable bonds is 3. The average molecular weight is 377 g/mol. The summed E-state index contributed by atoms with van der Waals surface area (Å²) < 4.78 is 1.49. The third-order valence-electron chi connectivity index (χ3n) is 5.34. The van der Waals surface area contributed by atoms with Crippen LogP contribution in [0.25, 0.3) is 0 Å². The smallest absolute Gasteiger partial charge is 0.317 e. The molecule has 2 N–H and O–H groups in total. The standard InChI is InChI=1S/C18H27N5O4/c1-12-8-13(17(25)26)10-23(9-12)18(27)20-14-4-3-6-22(11-14)15-16(24)21(2)7-5-19-15/h5,7,12-14H,3-4,6,8-11H2,1-2H3,(H,20,27)(H,25,26). The van der Waals surface area contributed by atoms with E-state index >= 15 is 0 Å². The van der Waals surface area contributed by atoms with Crippen LogP contribution in [0, 0.1) is 11.8 Å².